The van der Waals surface area contributed by atoms with Gasteiger partial charge in [-0.25, -0.2) is 9.37 Å². The van der Waals surface area contributed by atoms with Crippen molar-refractivity contribution < 1.29 is 4.39 Å². The first-order chi connectivity index (χ1) is 8.16. The van der Waals surface area contributed by atoms with E-state index in [-0.39, 0.29) is 10.8 Å². The number of aryl methyl sites for hydroxylation is 1. The van der Waals surface area contributed by atoms with Crippen LogP contribution in [0.5, 0.6) is 0 Å². The molecule has 0 aliphatic carbocycles. The van der Waals surface area contributed by atoms with Crippen LogP contribution in [0.1, 0.15) is 30.2 Å². The fourth-order valence-electron chi connectivity index (χ4n) is 1.27. The molecule has 0 saturated carbocycles. The molecule has 1 aromatic heterocycles. The van der Waals surface area contributed by atoms with Crippen molar-refractivity contribution in [3.8, 4) is 0 Å². The Morgan fingerprint density at radius 2 is 2.06 bits per heavy atom. The van der Waals surface area contributed by atoms with Crippen molar-refractivity contribution >= 4 is 23.1 Å². The normalized spacial score (nSPS) is 9.71. The van der Waals surface area contributed by atoms with Gasteiger partial charge >= 0.3 is 0 Å². The first-order valence-corrected chi connectivity index (χ1v) is 6.54. The molecule has 1 heterocycles. The minimum Gasteiger partial charge on any atom is -0.225 e. The van der Waals surface area contributed by atoms with E-state index in [9.17, 15) is 4.39 Å². The standard InChI is InChI=1S/C10H8ClFN2S.C2H6/c1-6-13-9(14-15-6)5-7-3-2-4-8(11)10(7)12;1-2/h2-4H,5H2,1H3;1-2H3. The molecule has 0 aliphatic rings. The summed E-state index contributed by atoms with van der Waals surface area (Å²) in [7, 11) is 0. The number of rotatable bonds is 2. The first kappa shape index (κ1) is 14.1. The van der Waals surface area contributed by atoms with Crippen molar-refractivity contribution in [3.63, 3.8) is 0 Å². The van der Waals surface area contributed by atoms with Crippen LogP contribution >= 0.6 is 23.1 Å². The van der Waals surface area contributed by atoms with Crippen molar-refractivity contribution in [2.24, 2.45) is 0 Å². The van der Waals surface area contributed by atoms with E-state index in [1.54, 1.807) is 12.1 Å². The first-order valence-electron chi connectivity index (χ1n) is 5.39. The van der Waals surface area contributed by atoms with E-state index in [4.69, 9.17) is 11.6 Å². The predicted molar refractivity (Wildman–Crippen MR) is 70.2 cm³/mol. The van der Waals surface area contributed by atoms with Gasteiger partial charge in [0.25, 0.3) is 0 Å². The molecule has 0 saturated heterocycles. The van der Waals surface area contributed by atoms with Crippen LogP contribution < -0.4 is 0 Å². The van der Waals surface area contributed by atoms with Crippen LogP contribution in [0.25, 0.3) is 0 Å². The number of benzene rings is 1. The smallest absolute Gasteiger partial charge is 0.147 e. The maximum atomic E-state index is 13.5. The molecule has 92 valence electrons. The summed E-state index contributed by atoms with van der Waals surface area (Å²) in [6.07, 6.45) is 0.386. The second kappa shape index (κ2) is 6.67. The van der Waals surface area contributed by atoms with Crippen molar-refractivity contribution in [3.05, 3.63) is 45.4 Å². The third kappa shape index (κ3) is 3.75. The highest BCUT2D eigenvalue weighted by Gasteiger charge is 2.09. The lowest BCUT2D eigenvalue weighted by atomic mass is 10.1. The van der Waals surface area contributed by atoms with Crippen LogP contribution in [0.2, 0.25) is 5.02 Å². The second-order valence-electron chi connectivity index (χ2n) is 3.12. The van der Waals surface area contributed by atoms with Gasteiger partial charge in [-0.1, -0.05) is 37.6 Å². The van der Waals surface area contributed by atoms with Crippen LogP contribution in [0.15, 0.2) is 18.2 Å². The molecule has 0 fully saturated rings. The maximum Gasteiger partial charge on any atom is 0.147 e. The lowest BCUT2D eigenvalue weighted by Crippen LogP contribution is -1.95. The molecule has 0 amide bonds. The van der Waals surface area contributed by atoms with Crippen LogP contribution in [0, 0.1) is 12.7 Å². The molecule has 2 nitrogen and oxygen atoms in total. The summed E-state index contributed by atoms with van der Waals surface area (Å²) in [5.74, 6) is 0.255. The SMILES string of the molecule is CC.Cc1nc(Cc2cccc(Cl)c2F)ns1. The third-order valence-electron chi connectivity index (χ3n) is 1.95. The molecule has 2 aromatic rings. The zero-order valence-corrected chi connectivity index (χ0v) is 11.6. The number of hydrogen-bond acceptors (Lipinski definition) is 3. The molecule has 0 bridgehead atoms. The molecule has 0 N–H and O–H groups in total. The Labute approximate surface area is 110 Å². The van der Waals surface area contributed by atoms with Crippen molar-refractivity contribution in [1.82, 2.24) is 9.36 Å². The summed E-state index contributed by atoms with van der Waals surface area (Å²) in [6, 6.07) is 4.94. The van der Waals surface area contributed by atoms with Gasteiger partial charge in [0, 0.05) is 6.42 Å². The molecule has 0 unspecified atom stereocenters. The highest BCUT2D eigenvalue weighted by Crippen LogP contribution is 2.20. The summed E-state index contributed by atoms with van der Waals surface area (Å²) in [6.45, 7) is 5.87. The average molecular weight is 273 g/mol. The zero-order valence-electron chi connectivity index (χ0n) is 10.00. The van der Waals surface area contributed by atoms with Gasteiger partial charge in [0.2, 0.25) is 0 Å². The van der Waals surface area contributed by atoms with E-state index < -0.39 is 0 Å². The van der Waals surface area contributed by atoms with E-state index in [1.165, 1.54) is 17.6 Å². The van der Waals surface area contributed by atoms with Gasteiger partial charge in [-0.2, -0.15) is 4.37 Å². The Kier molecular flexibility index (Phi) is 5.51. The molecule has 0 spiro atoms. The molecule has 0 aliphatic heterocycles. The van der Waals surface area contributed by atoms with Gasteiger partial charge in [0.1, 0.15) is 16.6 Å². The predicted octanol–water partition coefficient (Wildman–Crippen LogP) is 4.26. The Balaban J connectivity index is 0.000000686. The molecular weight excluding hydrogens is 259 g/mol. The summed E-state index contributed by atoms with van der Waals surface area (Å²) in [4.78, 5) is 4.17. The molecule has 17 heavy (non-hydrogen) atoms. The Bertz CT molecular complexity index is 485. The van der Waals surface area contributed by atoms with Crippen LogP contribution in [-0.2, 0) is 6.42 Å². The van der Waals surface area contributed by atoms with Crippen molar-refractivity contribution in [1.29, 1.82) is 0 Å². The summed E-state index contributed by atoms with van der Waals surface area (Å²) < 4.78 is 17.6. The minimum atomic E-state index is -0.383. The number of aromatic nitrogens is 2. The number of nitrogens with zero attached hydrogens (tertiary/aromatic N) is 2. The van der Waals surface area contributed by atoms with Crippen molar-refractivity contribution in [2.45, 2.75) is 27.2 Å². The molecule has 2 rings (SSSR count). The van der Waals surface area contributed by atoms with Gasteiger partial charge in [-0.15, -0.1) is 0 Å². The second-order valence-corrected chi connectivity index (χ2v) is 4.48. The van der Waals surface area contributed by atoms with Crippen LogP contribution in [-0.4, -0.2) is 9.36 Å². The van der Waals surface area contributed by atoms with E-state index in [1.807, 2.05) is 20.8 Å². The summed E-state index contributed by atoms with van der Waals surface area (Å²) in [5.41, 5.74) is 0.528. The topological polar surface area (TPSA) is 25.8 Å². The van der Waals surface area contributed by atoms with Gasteiger partial charge in [-0.05, 0) is 30.1 Å². The Morgan fingerprint density at radius 1 is 1.35 bits per heavy atom. The van der Waals surface area contributed by atoms with Gasteiger partial charge in [0.15, 0.2) is 0 Å². The highest BCUT2D eigenvalue weighted by atomic mass is 35.5. The maximum absolute atomic E-state index is 13.5. The number of hydrogen-bond donors (Lipinski definition) is 0. The van der Waals surface area contributed by atoms with Crippen LogP contribution in [0.3, 0.4) is 0 Å². The van der Waals surface area contributed by atoms with Gasteiger partial charge in [-0.3, -0.25) is 0 Å². The zero-order chi connectivity index (χ0) is 12.8. The largest absolute Gasteiger partial charge is 0.225 e. The quantitative estimate of drug-likeness (QED) is 0.816. The average Bonchev–Trinajstić information content (AvgIpc) is 2.73. The van der Waals surface area contributed by atoms with E-state index in [2.05, 4.69) is 9.36 Å². The van der Waals surface area contributed by atoms with Crippen molar-refractivity contribution in [2.75, 3.05) is 0 Å². The summed E-state index contributed by atoms with van der Waals surface area (Å²) in [5, 5.41) is 1.02. The van der Waals surface area contributed by atoms with Gasteiger partial charge < -0.3 is 0 Å². The molecule has 0 radical (unpaired) electrons. The van der Waals surface area contributed by atoms with E-state index >= 15 is 0 Å². The van der Waals surface area contributed by atoms with Gasteiger partial charge in [0.05, 0.1) is 5.02 Å². The fraction of sp³-hybridized carbons (Fsp3) is 0.333. The third-order valence-corrected chi connectivity index (χ3v) is 2.90. The van der Waals surface area contributed by atoms with Crippen LogP contribution in [0.4, 0.5) is 4.39 Å². The molecular formula is C12H14ClFN2S. The van der Waals surface area contributed by atoms with E-state index in [0.29, 0.717) is 17.8 Å². The fourth-order valence-corrected chi connectivity index (χ4v) is 1.95. The minimum absolute atomic E-state index is 0.138. The lowest BCUT2D eigenvalue weighted by Gasteiger charge is -2.00. The molecule has 0 atom stereocenters. The lowest BCUT2D eigenvalue weighted by molar-refractivity contribution is 0.613. The Morgan fingerprint density at radius 3 is 2.65 bits per heavy atom. The summed E-state index contributed by atoms with van der Waals surface area (Å²) >= 11 is 6.99. The molecule has 5 heteroatoms. The Hall–Kier alpha value is -1.00. The van der Waals surface area contributed by atoms with E-state index in [0.717, 1.165) is 5.01 Å². The molecule has 1 aromatic carbocycles. The highest BCUT2D eigenvalue weighted by molar-refractivity contribution is 7.05. The number of halogens is 2. The monoisotopic (exact) mass is 272 g/mol.